The molecule has 1 amide bonds. The third kappa shape index (κ3) is 4.43. The van der Waals surface area contributed by atoms with Crippen LogP contribution >= 0.6 is 11.3 Å². The molecule has 0 radical (unpaired) electrons. The number of fused-ring (bicyclic) bond motifs is 1. The van der Waals surface area contributed by atoms with Crippen LogP contribution in [0.2, 0.25) is 0 Å². The highest BCUT2D eigenvalue weighted by molar-refractivity contribution is 7.89. The Morgan fingerprint density at radius 3 is 2.87 bits per heavy atom. The lowest BCUT2D eigenvalue weighted by molar-refractivity contribution is -0.120. The second-order valence-corrected chi connectivity index (χ2v) is 10.7. The first-order chi connectivity index (χ1) is 14.8. The molecule has 0 spiro atoms. The fourth-order valence-electron chi connectivity index (χ4n) is 3.53. The van der Waals surface area contributed by atoms with Crippen LogP contribution in [0, 0.1) is 5.92 Å². The van der Waals surface area contributed by atoms with Crippen LogP contribution in [0.3, 0.4) is 0 Å². The van der Waals surface area contributed by atoms with Gasteiger partial charge in [-0.1, -0.05) is 11.3 Å². The fourth-order valence-corrected chi connectivity index (χ4v) is 5.88. The standard InChI is InChI=1S/C20H25N5O4S2/c1-13(2)24-11-18(21-12-24)31(27,28)25-8-4-5-14(10-25)19(26)23-20-22-16-7-6-15(29-3)9-17(16)30-20/h6-7,9,11-14H,4-5,8,10H2,1-3H3,(H,22,23,26)/t14-/m1/s1. The summed E-state index contributed by atoms with van der Waals surface area (Å²) in [5.74, 6) is 0.0537. The molecule has 0 unspecified atom stereocenters. The lowest BCUT2D eigenvalue weighted by Crippen LogP contribution is -2.43. The molecule has 166 valence electrons. The van der Waals surface area contributed by atoms with Gasteiger partial charge in [-0.25, -0.2) is 18.4 Å². The monoisotopic (exact) mass is 463 g/mol. The number of thiazole rings is 1. The summed E-state index contributed by atoms with van der Waals surface area (Å²) in [7, 11) is -2.15. The van der Waals surface area contributed by atoms with Gasteiger partial charge in [0, 0.05) is 25.3 Å². The van der Waals surface area contributed by atoms with E-state index in [-0.39, 0.29) is 23.5 Å². The average Bonchev–Trinajstić information content (AvgIpc) is 3.40. The summed E-state index contributed by atoms with van der Waals surface area (Å²) < 4.78 is 35.3. The minimum atomic E-state index is -3.75. The van der Waals surface area contributed by atoms with Crippen molar-refractivity contribution >= 4 is 42.6 Å². The van der Waals surface area contributed by atoms with Gasteiger partial charge < -0.3 is 14.6 Å². The number of imidazole rings is 1. The number of sulfonamides is 1. The van der Waals surface area contributed by atoms with Crippen molar-refractivity contribution < 1.29 is 17.9 Å². The number of rotatable bonds is 6. The lowest BCUT2D eigenvalue weighted by Gasteiger charge is -2.30. The van der Waals surface area contributed by atoms with Gasteiger partial charge in [0.25, 0.3) is 10.0 Å². The Kier molecular flexibility index (Phi) is 6.00. The van der Waals surface area contributed by atoms with Crippen LogP contribution < -0.4 is 10.1 Å². The molecule has 0 aliphatic carbocycles. The zero-order chi connectivity index (χ0) is 22.2. The van der Waals surface area contributed by atoms with Gasteiger partial charge >= 0.3 is 0 Å². The number of aromatic nitrogens is 3. The minimum Gasteiger partial charge on any atom is -0.497 e. The van der Waals surface area contributed by atoms with Crippen molar-refractivity contribution in [3.63, 3.8) is 0 Å². The molecule has 31 heavy (non-hydrogen) atoms. The van der Waals surface area contributed by atoms with Gasteiger partial charge in [0.15, 0.2) is 10.2 Å². The zero-order valence-corrected chi connectivity index (χ0v) is 19.2. The Balaban J connectivity index is 1.47. The summed E-state index contributed by atoms with van der Waals surface area (Å²) in [6, 6.07) is 5.64. The van der Waals surface area contributed by atoms with Crippen molar-refractivity contribution in [3.8, 4) is 5.75 Å². The summed E-state index contributed by atoms with van der Waals surface area (Å²) in [5.41, 5.74) is 0.773. The summed E-state index contributed by atoms with van der Waals surface area (Å²) >= 11 is 1.36. The molecule has 0 bridgehead atoms. The minimum absolute atomic E-state index is 0.0161. The zero-order valence-electron chi connectivity index (χ0n) is 17.6. The summed E-state index contributed by atoms with van der Waals surface area (Å²) in [6.07, 6.45) is 4.29. The van der Waals surface area contributed by atoms with Crippen LogP contribution in [0.25, 0.3) is 10.2 Å². The highest BCUT2D eigenvalue weighted by Crippen LogP contribution is 2.30. The number of carbonyl (C=O) groups excluding carboxylic acids is 1. The molecule has 9 nitrogen and oxygen atoms in total. The first-order valence-electron chi connectivity index (χ1n) is 10.1. The number of anilines is 1. The van der Waals surface area contributed by atoms with E-state index < -0.39 is 15.9 Å². The lowest BCUT2D eigenvalue weighted by atomic mass is 9.99. The Hall–Kier alpha value is -2.50. The van der Waals surface area contributed by atoms with Crippen LogP contribution in [-0.2, 0) is 14.8 Å². The predicted octanol–water partition coefficient (Wildman–Crippen LogP) is 3.12. The Morgan fingerprint density at radius 2 is 2.16 bits per heavy atom. The second kappa shape index (κ2) is 8.56. The predicted molar refractivity (Wildman–Crippen MR) is 119 cm³/mol. The van der Waals surface area contributed by atoms with E-state index in [1.165, 1.54) is 22.0 Å². The Bertz CT molecular complexity index is 1200. The van der Waals surface area contributed by atoms with E-state index >= 15 is 0 Å². The highest BCUT2D eigenvalue weighted by Gasteiger charge is 2.34. The molecule has 1 aliphatic rings. The molecule has 1 saturated heterocycles. The molecule has 3 aromatic rings. The number of hydrogen-bond acceptors (Lipinski definition) is 7. The van der Waals surface area contributed by atoms with Gasteiger partial charge in [-0.05, 0) is 44.9 Å². The molecule has 1 aliphatic heterocycles. The van der Waals surface area contributed by atoms with Gasteiger partial charge in [-0.15, -0.1) is 0 Å². The number of carbonyl (C=O) groups is 1. The van der Waals surface area contributed by atoms with E-state index in [2.05, 4.69) is 15.3 Å². The van der Waals surface area contributed by atoms with E-state index in [9.17, 15) is 13.2 Å². The van der Waals surface area contributed by atoms with E-state index in [0.717, 1.165) is 16.0 Å². The van der Waals surface area contributed by atoms with Crippen LogP contribution in [0.1, 0.15) is 32.7 Å². The number of methoxy groups -OCH3 is 1. The molecule has 11 heteroatoms. The van der Waals surface area contributed by atoms with Crippen molar-refractivity contribution in [2.24, 2.45) is 5.92 Å². The van der Waals surface area contributed by atoms with Crippen molar-refractivity contribution in [3.05, 3.63) is 30.7 Å². The number of benzene rings is 1. The highest BCUT2D eigenvalue weighted by atomic mass is 32.2. The molecule has 1 aromatic carbocycles. The molecular weight excluding hydrogens is 438 g/mol. The SMILES string of the molecule is COc1ccc2nc(NC(=O)[C@@H]3CCCN(S(=O)(=O)c4cn(C(C)C)cn4)C3)sc2c1. The largest absolute Gasteiger partial charge is 0.497 e. The molecule has 1 N–H and O–H groups in total. The van der Waals surface area contributed by atoms with Crippen LogP contribution in [0.15, 0.2) is 35.7 Å². The smallest absolute Gasteiger partial charge is 0.262 e. The van der Waals surface area contributed by atoms with E-state index in [0.29, 0.717) is 24.5 Å². The van der Waals surface area contributed by atoms with Crippen LogP contribution in [0.4, 0.5) is 5.13 Å². The van der Waals surface area contributed by atoms with Crippen molar-refractivity contribution in [1.29, 1.82) is 0 Å². The van der Waals surface area contributed by atoms with Gasteiger partial charge in [0.1, 0.15) is 5.75 Å². The third-order valence-corrected chi connectivity index (χ3v) is 8.04. The van der Waals surface area contributed by atoms with Crippen molar-refractivity contribution in [1.82, 2.24) is 18.8 Å². The molecule has 4 rings (SSSR count). The van der Waals surface area contributed by atoms with Crippen molar-refractivity contribution in [2.75, 3.05) is 25.5 Å². The molecule has 3 heterocycles. The third-order valence-electron chi connectivity index (χ3n) is 5.36. The van der Waals surface area contributed by atoms with Gasteiger partial charge in [0.05, 0.1) is 29.6 Å². The quantitative estimate of drug-likeness (QED) is 0.602. The number of nitrogens with zero attached hydrogens (tertiary/aromatic N) is 4. The first-order valence-corrected chi connectivity index (χ1v) is 12.3. The second-order valence-electron chi connectivity index (χ2n) is 7.80. The van der Waals surface area contributed by atoms with Gasteiger partial charge in [-0.2, -0.15) is 4.31 Å². The van der Waals surface area contributed by atoms with Crippen LogP contribution in [0.5, 0.6) is 5.75 Å². The summed E-state index contributed by atoms with van der Waals surface area (Å²) in [6.45, 7) is 4.41. The van der Waals surface area contributed by atoms with E-state index in [1.807, 2.05) is 32.0 Å². The number of piperidine rings is 1. The Labute approximate surface area is 185 Å². The van der Waals surface area contributed by atoms with E-state index in [4.69, 9.17) is 4.74 Å². The maximum atomic E-state index is 13.0. The number of nitrogens with one attached hydrogen (secondary N) is 1. The normalized spacial score (nSPS) is 17.9. The molecule has 1 atom stereocenters. The van der Waals surface area contributed by atoms with Crippen molar-refractivity contribution in [2.45, 2.75) is 37.8 Å². The molecule has 1 fully saturated rings. The van der Waals surface area contributed by atoms with Gasteiger partial charge in [0.2, 0.25) is 5.91 Å². The molecular formula is C20H25N5O4S2. The topological polar surface area (TPSA) is 106 Å². The first kappa shape index (κ1) is 21.7. The van der Waals surface area contributed by atoms with Crippen LogP contribution in [-0.4, -0.2) is 53.4 Å². The molecule has 2 aromatic heterocycles. The maximum absolute atomic E-state index is 13.0. The number of amides is 1. The Morgan fingerprint density at radius 1 is 1.35 bits per heavy atom. The average molecular weight is 464 g/mol. The number of hydrogen-bond donors (Lipinski definition) is 1. The van der Waals surface area contributed by atoms with Gasteiger partial charge in [-0.3, -0.25) is 4.79 Å². The summed E-state index contributed by atoms with van der Waals surface area (Å²) in [5, 5.41) is 3.36. The summed E-state index contributed by atoms with van der Waals surface area (Å²) in [4.78, 5) is 21.4. The maximum Gasteiger partial charge on any atom is 0.262 e. The number of ether oxygens (including phenoxy) is 1. The van der Waals surface area contributed by atoms with E-state index in [1.54, 1.807) is 17.9 Å². The molecule has 0 saturated carbocycles. The fraction of sp³-hybridized carbons (Fsp3) is 0.450.